The van der Waals surface area contributed by atoms with Crippen molar-refractivity contribution in [3.05, 3.63) is 83.7 Å². The highest BCUT2D eigenvalue weighted by molar-refractivity contribution is 5.75. The van der Waals surface area contributed by atoms with Gasteiger partial charge in [-0.15, -0.1) is 0 Å². The van der Waals surface area contributed by atoms with Crippen LogP contribution in [0.25, 0.3) is 0 Å². The van der Waals surface area contributed by atoms with E-state index >= 15 is 0 Å². The Morgan fingerprint density at radius 3 is 2.46 bits per heavy atom. The molecule has 0 saturated carbocycles. The van der Waals surface area contributed by atoms with E-state index in [0.29, 0.717) is 12.4 Å². The highest BCUT2D eigenvalue weighted by atomic mass is 19.4. The number of nitrogens with one attached hydrogen (secondary N) is 1. The summed E-state index contributed by atoms with van der Waals surface area (Å²) in [5, 5.41) is 6.04. The zero-order valence-electron chi connectivity index (χ0n) is 14.8. The van der Waals surface area contributed by atoms with E-state index in [0.717, 1.165) is 28.1 Å². The average molecular weight is 389 g/mol. The van der Waals surface area contributed by atoms with Gasteiger partial charge in [-0.05, 0) is 17.7 Å². The molecule has 0 spiro atoms. The maximum atomic E-state index is 12.6. The third-order valence-corrected chi connectivity index (χ3v) is 3.92. The number of carbonyl (C=O) groups is 1. The summed E-state index contributed by atoms with van der Waals surface area (Å²) in [5.41, 5.74) is 0.753. The first kappa shape index (κ1) is 19.5. The predicted octanol–water partition coefficient (Wildman–Crippen LogP) is 3.80. The molecule has 0 aliphatic rings. The summed E-state index contributed by atoms with van der Waals surface area (Å²) in [6.45, 7) is 0.277. The van der Waals surface area contributed by atoms with E-state index in [2.05, 4.69) is 10.4 Å². The van der Waals surface area contributed by atoms with Gasteiger partial charge in [-0.3, -0.25) is 9.48 Å². The molecule has 5 nitrogen and oxygen atoms in total. The molecule has 0 fully saturated rings. The van der Waals surface area contributed by atoms with Crippen LogP contribution in [0, 0.1) is 0 Å². The van der Waals surface area contributed by atoms with Gasteiger partial charge >= 0.3 is 6.18 Å². The molecule has 8 heteroatoms. The maximum Gasteiger partial charge on any atom is 0.435 e. The molecule has 3 aromatic rings. The van der Waals surface area contributed by atoms with Crippen molar-refractivity contribution < 1.29 is 22.7 Å². The Morgan fingerprint density at radius 1 is 1.04 bits per heavy atom. The van der Waals surface area contributed by atoms with Crippen LogP contribution in [0.1, 0.15) is 16.8 Å². The summed E-state index contributed by atoms with van der Waals surface area (Å²) in [6.07, 6.45) is -3.41. The quantitative estimate of drug-likeness (QED) is 0.669. The molecular formula is C20H18F3N3O2. The Balaban J connectivity index is 1.55. The molecule has 0 aliphatic heterocycles. The van der Waals surface area contributed by atoms with Gasteiger partial charge in [-0.1, -0.05) is 48.5 Å². The standard InChI is InChI=1S/C20H18F3N3O2/c21-20(22,23)18-10-11-26(25-18)13-19(27)24-12-16-8-4-5-9-17(16)28-14-15-6-2-1-3-7-15/h1-11H,12-14H2,(H,24,27). The number of aromatic nitrogens is 2. The number of hydrogen-bond donors (Lipinski definition) is 1. The van der Waals surface area contributed by atoms with E-state index in [4.69, 9.17) is 4.74 Å². The third-order valence-electron chi connectivity index (χ3n) is 3.92. The van der Waals surface area contributed by atoms with Crippen LogP contribution >= 0.6 is 0 Å². The van der Waals surface area contributed by atoms with Gasteiger partial charge < -0.3 is 10.1 Å². The first-order valence-corrected chi connectivity index (χ1v) is 8.54. The highest BCUT2D eigenvalue weighted by Crippen LogP contribution is 2.27. The van der Waals surface area contributed by atoms with Crippen molar-refractivity contribution in [1.29, 1.82) is 0 Å². The molecule has 0 atom stereocenters. The van der Waals surface area contributed by atoms with Crippen molar-refractivity contribution >= 4 is 5.91 Å². The highest BCUT2D eigenvalue weighted by Gasteiger charge is 2.33. The molecule has 1 N–H and O–H groups in total. The zero-order chi connectivity index (χ0) is 20.0. The fourth-order valence-corrected chi connectivity index (χ4v) is 2.52. The summed E-state index contributed by atoms with van der Waals surface area (Å²) in [5.74, 6) is 0.180. The molecule has 28 heavy (non-hydrogen) atoms. The van der Waals surface area contributed by atoms with Gasteiger partial charge in [0.15, 0.2) is 5.69 Å². The smallest absolute Gasteiger partial charge is 0.435 e. The molecule has 0 bridgehead atoms. The van der Waals surface area contributed by atoms with Gasteiger partial charge in [0.1, 0.15) is 18.9 Å². The molecule has 0 unspecified atom stereocenters. The number of carbonyl (C=O) groups excluding carboxylic acids is 1. The average Bonchev–Trinajstić information content (AvgIpc) is 3.15. The van der Waals surface area contributed by atoms with Crippen molar-refractivity contribution in [1.82, 2.24) is 15.1 Å². The van der Waals surface area contributed by atoms with Crippen LogP contribution in [0.3, 0.4) is 0 Å². The van der Waals surface area contributed by atoms with Crippen LogP contribution < -0.4 is 10.1 Å². The normalized spacial score (nSPS) is 11.2. The van der Waals surface area contributed by atoms with Crippen molar-refractivity contribution in [3.8, 4) is 5.75 Å². The lowest BCUT2D eigenvalue weighted by Gasteiger charge is -2.12. The molecule has 146 valence electrons. The van der Waals surface area contributed by atoms with Gasteiger partial charge in [0.25, 0.3) is 0 Å². The van der Waals surface area contributed by atoms with Crippen LogP contribution in [0.5, 0.6) is 5.75 Å². The van der Waals surface area contributed by atoms with Crippen molar-refractivity contribution in [2.75, 3.05) is 0 Å². The van der Waals surface area contributed by atoms with Crippen LogP contribution in [0.2, 0.25) is 0 Å². The first-order chi connectivity index (χ1) is 13.4. The summed E-state index contributed by atoms with van der Waals surface area (Å²) in [4.78, 5) is 12.0. The summed E-state index contributed by atoms with van der Waals surface area (Å²) >= 11 is 0. The van der Waals surface area contributed by atoms with Gasteiger partial charge in [-0.25, -0.2) is 0 Å². The van der Waals surface area contributed by atoms with Gasteiger partial charge in [0, 0.05) is 18.3 Å². The number of nitrogens with zero attached hydrogens (tertiary/aromatic N) is 2. The molecular weight excluding hydrogens is 371 g/mol. The minimum absolute atomic E-state index is 0.192. The van der Waals surface area contributed by atoms with E-state index in [9.17, 15) is 18.0 Å². The van der Waals surface area contributed by atoms with E-state index in [1.807, 2.05) is 48.5 Å². The van der Waals surface area contributed by atoms with Crippen LogP contribution in [0.4, 0.5) is 13.2 Å². The van der Waals surface area contributed by atoms with Gasteiger partial charge in [0.2, 0.25) is 5.91 Å². The summed E-state index contributed by atoms with van der Waals surface area (Å²) < 4.78 is 44.4. The maximum absolute atomic E-state index is 12.6. The topological polar surface area (TPSA) is 56.2 Å². The van der Waals surface area contributed by atoms with Crippen LogP contribution in [-0.2, 0) is 30.7 Å². The zero-order valence-corrected chi connectivity index (χ0v) is 14.8. The molecule has 0 radical (unpaired) electrons. The van der Waals surface area contributed by atoms with Crippen molar-refractivity contribution in [2.24, 2.45) is 0 Å². The lowest BCUT2D eigenvalue weighted by molar-refractivity contribution is -0.141. The number of hydrogen-bond acceptors (Lipinski definition) is 3. The Hall–Kier alpha value is -3.29. The number of rotatable bonds is 7. The SMILES string of the molecule is O=C(Cn1ccc(C(F)(F)F)n1)NCc1ccccc1OCc1ccccc1. The summed E-state index contributed by atoms with van der Waals surface area (Å²) in [6, 6.07) is 17.8. The van der Waals surface area contributed by atoms with E-state index in [1.165, 1.54) is 0 Å². The van der Waals surface area contributed by atoms with E-state index in [-0.39, 0.29) is 13.1 Å². The molecule has 1 aromatic heterocycles. The Kier molecular flexibility index (Phi) is 5.98. The Morgan fingerprint density at radius 2 is 1.75 bits per heavy atom. The van der Waals surface area contributed by atoms with Crippen LogP contribution in [-0.4, -0.2) is 15.7 Å². The number of ether oxygens (including phenoxy) is 1. The number of para-hydroxylation sites is 1. The Bertz CT molecular complexity index is 924. The third kappa shape index (κ3) is 5.35. The van der Waals surface area contributed by atoms with E-state index < -0.39 is 17.8 Å². The lowest BCUT2D eigenvalue weighted by Crippen LogP contribution is -2.27. The molecule has 1 amide bonds. The first-order valence-electron chi connectivity index (χ1n) is 8.54. The van der Waals surface area contributed by atoms with Gasteiger partial charge in [-0.2, -0.15) is 18.3 Å². The minimum Gasteiger partial charge on any atom is -0.489 e. The molecule has 3 rings (SSSR count). The largest absolute Gasteiger partial charge is 0.489 e. The predicted molar refractivity (Wildman–Crippen MR) is 96.3 cm³/mol. The lowest BCUT2D eigenvalue weighted by atomic mass is 10.2. The minimum atomic E-state index is -4.53. The summed E-state index contributed by atoms with van der Waals surface area (Å²) in [7, 11) is 0. The number of alkyl halides is 3. The van der Waals surface area contributed by atoms with E-state index in [1.54, 1.807) is 6.07 Å². The van der Waals surface area contributed by atoms with Crippen LogP contribution in [0.15, 0.2) is 66.9 Å². The van der Waals surface area contributed by atoms with Crippen molar-refractivity contribution in [2.45, 2.75) is 25.9 Å². The monoisotopic (exact) mass is 389 g/mol. The number of amides is 1. The second-order valence-corrected chi connectivity index (χ2v) is 6.06. The van der Waals surface area contributed by atoms with Gasteiger partial charge in [0.05, 0.1) is 0 Å². The fraction of sp³-hybridized carbons (Fsp3) is 0.200. The molecule has 2 aromatic carbocycles. The fourth-order valence-electron chi connectivity index (χ4n) is 2.52. The number of benzene rings is 2. The molecule has 0 saturated heterocycles. The van der Waals surface area contributed by atoms with Crippen molar-refractivity contribution in [3.63, 3.8) is 0 Å². The second-order valence-electron chi connectivity index (χ2n) is 6.06. The number of halogens is 3. The molecule has 1 heterocycles. The molecule has 0 aliphatic carbocycles. The second kappa shape index (κ2) is 8.60. The Labute approximate surface area is 159 Å².